The number of hydrogen-bond acceptors (Lipinski definition) is 6. The van der Waals surface area contributed by atoms with Crippen LogP contribution in [0.1, 0.15) is 5.56 Å². The van der Waals surface area contributed by atoms with E-state index in [2.05, 4.69) is 21.9 Å². The molecule has 2 aliphatic heterocycles. The van der Waals surface area contributed by atoms with Crippen molar-refractivity contribution >= 4 is 11.4 Å². The molecule has 2 heterocycles. The lowest BCUT2D eigenvalue weighted by molar-refractivity contribution is -0.384. The van der Waals surface area contributed by atoms with Crippen LogP contribution in [0.2, 0.25) is 0 Å². The van der Waals surface area contributed by atoms with E-state index < -0.39 is 0 Å². The zero-order valence-corrected chi connectivity index (χ0v) is 15.3. The second-order valence-electron chi connectivity index (χ2n) is 6.95. The zero-order valence-electron chi connectivity index (χ0n) is 15.3. The molecule has 0 aromatic heterocycles. The fourth-order valence-electron chi connectivity index (χ4n) is 4.01. The molecule has 0 spiro atoms. The summed E-state index contributed by atoms with van der Waals surface area (Å²) in [5, 5.41) is 11.5. The molecule has 142 valence electrons. The van der Waals surface area contributed by atoms with E-state index in [0.717, 1.165) is 13.1 Å². The molecule has 2 aromatic carbocycles. The highest BCUT2D eigenvalue weighted by atomic mass is 16.6. The van der Waals surface area contributed by atoms with Gasteiger partial charge >= 0.3 is 0 Å². The summed E-state index contributed by atoms with van der Waals surface area (Å²) in [6.07, 6.45) is 0.0493. The first-order valence-corrected chi connectivity index (χ1v) is 9.12. The van der Waals surface area contributed by atoms with Gasteiger partial charge in [-0.05, 0) is 11.6 Å². The van der Waals surface area contributed by atoms with Crippen molar-refractivity contribution in [1.82, 2.24) is 4.90 Å². The highest BCUT2D eigenvalue weighted by Crippen LogP contribution is 2.36. The summed E-state index contributed by atoms with van der Waals surface area (Å²) in [6, 6.07) is 15.5. The summed E-state index contributed by atoms with van der Waals surface area (Å²) in [6.45, 7) is 3.75. The van der Waals surface area contributed by atoms with Gasteiger partial charge in [-0.2, -0.15) is 0 Å². The van der Waals surface area contributed by atoms with E-state index in [1.807, 2.05) is 18.2 Å². The topological polar surface area (TPSA) is 68.1 Å². The molecule has 2 atom stereocenters. The van der Waals surface area contributed by atoms with Crippen LogP contribution >= 0.6 is 0 Å². The van der Waals surface area contributed by atoms with Crippen molar-refractivity contribution in [2.45, 2.75) is 18.7 Å². The Balaban J connectivity index is 1.57. The number of fused-ring (bicyclic) bond motifs is 1. The number of rotatable bonds is 5. The number of hydrogen-bond donors (Lipinski definition) is 0. The summed E-state index contributed by atoms with van der Waals surface area (Å²) in [7, 11) is 1.57. The van der Waals surface area contributed by atoms with Crippen molar-refractivity contribution in [2.75, 3.05) is 38.3 Å². The third-order valence-electron chi connectivity index (χ3n) is 5.36. The Kier molecular flexibility index (Phi) is 4.96. The summed E-state index contributed by atoms with van der Waals surface area (Å²) >= 11 is 0. The van der Waals surface area contributed by atoms with Crippen LogP contribution in [0.4, 0.5) is 11.4 Å². The Bertz CT molecular complexity index is 814. The monoisotopic (exact) mass is 369 g/mol. The summed E-state index contributed by atoms with van der Waals surface area (Å²) < 4.78 is 11.3. The minimum absolute atomic E-state index is 0.0493. The Hall–Kier alpha value is -2.64. The van der Waals surface area contributed by atoms with Crippen LogP contribution in [-0.2, 0) is 11.3 Å². The maximum absolute atomic E-state index is 11.5. The molecule has 2 fully saturated rings. The molecule has 2 saturated heterocycles. The smallest absolute Gasteiger partial charge is 0.292 e. The lowest BCUT2D eigenvalue weighted by Crippen LogP contribution is -2.50. The van der Waals surface area contributed by atoms with E-state index in [4.69, 9.17) is 9.47 Å². The molecule has 2 aromatic rings. The van der Waals surface area contributed by atoms with E-state index in [0.29, 0.717) is 31.1 Å². The van der Waals surface area contributed by atoms with Crippen molar-refractivity contribution in [1.29, 1.82) is 0 Å². The second kappa shape index (κ2) is 7.54. The van der Waals surface area contributed by atoms with Crippen LogP contribution in [0.3, 0.4) is 0 Å². The van der Waals surface area contributed by atoms with E-state index in [1.165, 1.54) is 11.6 Å². The number of benzene rings is 2. The molecule has 4 rings (SSSR count). The third kappa shape index (κ3) is 3.61. The summed E-state index contributed by atoms with van der Waals surface area (Å²) in [5.74, 6) is 0.618. The predicted molar refractivity (Wildman–Crippen MR) is 102 cm³/mol. The van der Waals surface area contributed by atoms with Gasteiger partial charge in [0.2, 0.25) is 0 Å². The van der Waals surface area contributed by atoms with Gasteiger partial charge in [-0.25, -0.2) is 0 Å². The standard InChI is InChI=1S/C20H23N3O4/c1-26-16-7-8-17(23(24)25)18(11-16)22-13-19-20(14-22)27-10-9-21(19)12-15-5-3-2-4-6-15/h2-8,11,19-20H,9-10,12-14H2,1H3/t19-,20+/m0/s1. The van der Waals surface area contributed by atoms with Gasteiger partial charge in [0, 0.05) is 38.3 Å². The van der Waals surface area contributed by atoms with E-state index in [1.54, 1.807) is 19.2 Å². The average Bonchev–Trinajstić information content (AvgIpc) is 3.13. The van der Waals surface area contributed by atoms with Gasteiger partial charge < -0.3 is 14.4 Å². The number of methoxy groups -OCH3 is 1. The maximum atomic E-state index is 11.5. The van der Waals surface area contributed by atoms with Crippen LogP contribution in [0.15, 0.2) is 48.5 Å². The average molecular weight is 369 g/mol. The van der Waals surface area contributed by atoms with Gasteiger partial charge in [0.25, 0.3) is 5.69 Å². The number of ether oxygens (including phenoxy) is 2. The van der Waals surface area contributed by atoms with Gasteiger partial charge in [0.05, 0.1) is 30.8 Å². The Labute approximate surface area is 158 Å². The largest absolute Gasteiger partial charge is 0.497 e. The van der Waals surface area contributed by atoms with E-state index in [9.17, 15) is 10.1 Å². The number of nitrogens with zero attached hydrogens (tertiary/aromatic N) is 3. The molecule has 7 nitrogen and oxygen atoms in total. The molecular formula is C20H23N3O4. The number of nitro groups is 1. The van der Waals surface area contributed by atoms with E-state index >= 15 is 0 Å². The lowest BCUT2D eigenvalue weighted by atomic mass is 10.1. The fourth-order valence-corrected chi connectivity index (χ4v) is 4.01. The van der Waals surface area contributed by atoms with Gasteiger partial charge in [-0.1, -0.05) is 30.3 Å². The normalized spacial score (nSPS) is 22.5. The van der Waals surface area contributed by atoms with Crippen LogP contribution in [0, 0.1) is 10.1 Å². The molecule has 7 heteroatoms. The van der Waals surface area contributed by atoms with Crippen molar-refractivity contribution in [2.24, 2.45) is 0 Å². The Morgan fingerprint density at radius 2 is 2.04 bits per heavy atom. The minimum Gasteiger partial charge on any atom is -0.497 e. The highest BCUT2D eigenvalue weighted by Gasteiger charge is 2.41. The van der Waals surface area contributed by atoms with Crippen LogP contribution in [-0.4, -0.2) is 55.3 Å². The molecule has 0 bridgehead atoms. The van der Waals surface area contributed by atoms with E-state index in [-0.39, 0.29) is 22.8 Å². The van der Waals surface area contributed by atoms with Crippen molar-refractivity contribution in [3.8, 4) is 5.75 Å². The van der Waals surface area contributed by atoms with Crippen molar-refractivity contribution in [3.05, 3.63) is 64.2 Å². The van der Waals surface area contributed by atoms with Gasteiger partial charge in [0.15, 0.2) is 0 Å². The quantitative estimate of drug-likeness (QED) is 0.596. The number of anilines is 1. The second-order valence-corrected chi connectivity index (χ2v) is 6.95. The van der Waals surface area contributed by atoms with Crippen molar-refractivity contribution < 1.29 is 14.4 Å². The lowest BCUT2D eigenvalue weighted by Gasteiger charge is -2.36. The van der Waals surface area contributed by atoms with Crippen LogP contribution < -0.4 is 9.64 Å². The molecule has 0 radical (unpaired) electrons. The molecular weight excluding hydrogens is 346 g/mol. The first-order valence-electron chi connectivity index (χ1n) is 9.12. The highest BCUT2D eigenvalue weighted by molar-refractivity contribution is 5.66. The van der Waals surface area contributed by atoms with Crippen molar-refractivity contribution in [3.63, 3.8) is 0 Å². The maximum Gasteiger partial charge on any atom is 0.292 e. The predicted octanol–water partition coefficient (Wildman–Crippen LogP) is 2.69. The molecule has 0 saturated carbocycles. The first kappa shape index (κ1) is 17.8. The molecule has 0 N–H and O–H groups in total. The minimum atomic E-state index is -0.334. The summed E-state index contributed by atoms with van der Waals surface area (Å²) in [4.78, 5) is 15.6. The Morgan fingerprint density at radius 3 is 2.78 bits per heavy atom. The number of morpholine rings is 1. The van der Waals surface area contributed by atoms with Gasteiger partial charge in [0.1, 0.15) is 11.4 Å². The number of nitro benzene ring substituents is 1. The fraction of sp³-hybridized carbons (Fsp3) is 0.400. The molecule has 27 heavy (non-hydrogen) atoms. The van der Waals surface area contributed by atoms with Gasteiger partial charge in [-0.15, -0.1) is 0 Å². The first-order chi connectivity index (χ1) is 13.2. The van der Waals surface area contributed by atoms with Gasteiger partial charge in [-0.3, -0.25) is 15.0 Å². The molecule has 2 aliphatic rings. The molecule has 0 aliphatic carbocycles. The third-order valence-corrected chi connectivity index (χ3v) is 5.36. The molecule has 0 unspecified atom stereocenters. The SMILES string of the molecule is COc1ccc([N+](=O)[O-])c(N2C[C@H]3OCCN(Cc4ccccc4)[C@H]3C2)c1. The Morgan fingerprint density at radius 1 is 1.22 bits per heavy atom. The molecule has 0 amide bonds. The van der Waals surface area contributed by atoms with Crippen LogP contribution in [0.25, 0.3) is 0 Å². The summed E-state index contributed by atoms with van der Waals surface area (Å²) in [5.41, 5.74) is 1.96. The van der Waals surface area contributed by atoms with Crippen LogP contribution in [0.5, 0.6) is 5.75 Å². The zero-order chi connectivity index (χ0) is 18.8.